The number of benzene rings is 2. The van der Waals surface area contributed by atoms with Crippen molar-refractivity contribution < 1.29 is 19.1 Å². The van der Waals surface area contributed by atoms with Crippen molar-refractivity contribution in [1.82, 2.24) is 10.9 Å². The first-order chi connectivity index (χ1) is 13.0. The van der Waals surface area contributed by atoms with E-state index in [-0.39, 0.29) is 12.7 Å². The summed E-state index contributed by atoms with van der Waals surface area (Å²) in [5, 5.41) is 0. The molecule has 0 atom stereocenters. The van der Waals surface area contributed by atoms with Gasteiger partial charge in [0.2, 0.25) is 0 Å². The van der Waals surface area contributed by atoms with E-state index in [1.165, 1.54) is 5.56 Å². The van der Waals surface area contributed by atoms with Crippen molar-refractivity contribution in [2.24, 2.45) is 0 Å². The van der Waals surface area contributed by atoms with Crippen molar-refractivity contribution >= 4 is 11.8 Å². The van der Waals surface area contributed by atoms with Gasteiger partial charge in [-0.15, -0.1) is 0 Å². The molecule has 0 spiro atoms. The molecular weight excluding hydrogens is 344 g/mol. The molecule has 0 bridgehead atoms. The van der Waals surface area contributed by atoms with Crippen LogP contribution in [0.1, 0.15) is 42.3 Å². The van der Waals surface area contributed by atoms with E-state index in [2.05, 4.69) is 17.8 Å². The molecule has 0 radical (unpaired) electrons. The molecule has 6 heteroatoms. The van der Waals surface area contributed by atoms with Crippen LogP contribution in [0.4, 0.5) is 0 Å². The van der Waals surface area contributed by atoms with E-state index >= 15 is 0 Å². The molecule has 2 N–H and O–H groups in total. The third-order valence-corrected chi connectivity index (χ3v) is 3.82. The number of hydrogen-bond donors (Lipinski definition) is 2. The molecule has 0 saturated carbocycles. The summed E-state index contributed by atoms with van der Waals surface area (Å²) in [4.78, 5) is 23.9. The van der Waals surface area contributed by atoms with Gasteiger partial charge in [0.15, 0.2) is 6.61 Å². The molecule has 2 aromatic rings. The highest BCUT2D eigenvalue weighted by atomic mass is 16.5. The molecule has 0 heterocycles. The van der Waals surface area contributed by atoms with Crippen LogP contribution in [0.15, 0.2) is 48.5 Å². The Morgan fingerprint density at radius 1 is 0.926 bits per heavy atom. The Morgan fingerprint density at radius 2 is 1.56 bits per heavy atom. The molecule has 0 fully saturated rings. The molecule has 2 aromatic carbocycles. The lowest BCUT2D eigenvalue weighted by Gasteiger charge is -2.10. The minimum atomic E-state index is -0.440. The summed E-state index contributed by atoms with van der Waals surface area (Å²) < 4.78 is 10.9. The Bertz CT molecular complexity index is 740. The smallest absolute Gasteiger partial charge is 0.276 e. The predicted octanol–water partition coefficient (Wildman–Crippen LogP) is 3.01. The molecule has 0 aromatic heterocycles. The van der Waals surface area contributed by atoms with Gasteiger partial charge >= 0.3 is 0 Å². The number of carbonyl (C=O) groups is 2. The van der Waals surface area contributed by atoms with Crippen molar-refractivity contribution in [2.75, 3.05) is 6.61 Å². The molecule has 0 aliphatic heterocycles. The highest BCUT2D eigenvalue weighted by molar-refractivity contribution is 5.95. The summed E-state index contributed by atoms with van der Waals surface area (Å²) >= 11 is 0. The summed E-state index contributed by atoms with van der Waals surface area (Å²) in [6.45, 7) is 6.31. The first-order valence-corrected chi connectivity index (χ1v) is 8.99. The second-order valence-corrected chi connectivity index (χ2v) is 6.35. The first kappa shape index (κ1) is 20.5. The molecule has 0 aliphatic carbocycles. The van der Waals surface area contributed by atoms with Crippen LogP contribution in [-0.2, 0) is 22.6 Å². The standard InChI is InChI=1S/C21H26N2O4/c1-4-16-7-11-19(12-8-16)27-14-20(24)22-23-21(25)18-9-5-17(6-10-18)13-26-15(2)3/h5-12,15H,4,13-14H2,1-3H3,(H,22,24)(H,23,25). The van der Waals surface area contributed by atoms with Gasteiger partial charge in [0.25, 0.3) is 11.8 Å². The molecule has 0 saturated heterocycles. The SMILES string of the molecule is CCc1ccc(OCC(=O)NNC(=O)c2ccc(COC(C)C)cc2)cc1. The fourth-order valence-electron chi connectivity index (χ4n) is 2.22. The number of amides is 2. The zero-order chi connectivity index (χ0) is 19.6. The van der Waals surface area contributed by atoms with E-state index in [4.69, 9.17) is 9.47 Å². The Morgan fingerprint density at radius 3 is 2.15 bits per heavy atom. The molecule has 0 unspecified atom stereocenters. The number of hydrogen-bond acceptors (Lipinski definition) is 4. The van der Waals surface area contributed by atoms with E-state index in [1.807, 2.05) is 50.2 Å². The fourth-order valence-corrected chi connectivity index (χ4v) is 2.22. The van der Waals surface area contributed by atoms with Gasteiger partial charge < -0.3 is 9.47 Å². The Hall–Kier alpha value is -2.86. The van der Waals surface area contributed by atoms with E-state index < -0.39 is 11.8 Å². The second kappa shape index (κ2) is 10.3. The van der Waals surface area contributed by atoms with Crippen molar-refractivity contribution in [3.05, 3.63) is 65.2 Å². The van der Waals surface area contributed by atoms with Crippen molar-refractivity contribution in [3.8, 4) is 5.75 Å². The molecule has 2 rings (SSSR count). The number of ether oxygens (including phenoxy) is 2. The molecule has 144 valence electrons. The van der Waals surface area contributed by atoms with Crippen molar-refractivity contribution in [2.45, 2.75) is 39.9 Å². The van der Waals surface area contributed by atoms with Crippen LogP contribution in [0.5, 0.6) is 5.75 Å². The predicted molar refractivity (Wildman–Crippen MR) is 103 cm³/mol. The van der Waals surface area contributed by atoms with Gasteiger partial charge in [0.1, 0.15) is 5.75 Å². The number of nitrogens with one attached hydrogen (secondary N) is 2. The lowest BCUT2D eigenvalue weighted by atomic mass is 10.1. The third kappa shape index (κ3) is 7.11. The Kier molecular flexibility index (Phi) is 7.82. The highest BCUT2D eigenvalue weighted by Crippen LogP contribution is 2.12. The quantitative estimate of drug-likeness (QED) is 0.701. The van der Waals surface area contributed by atoms with Crippen LogP contribution in [-0.4, -0.2) is 24.5 Å². The first-order valence-electron chi connectivity index (χ1n) is 8.99. The van der Waals surface area contributed by atoms with Gasteiger partial charge in [-0.3, -0.25) is 20.4 Å². The lowest BCUT2D eigenvalue weighted by molar-refractivity contribution is -0.123. The van der Waals surface area contributed by atoms with Gasteiger partial charge in [-0.1, -0.05) is 31.2 Å². The summed E-state index contributed by atoms with van der Waals surface area (Å²) in [6.07, 6.45) is 1.09. The summed E-state index contributed by atoms with van der Waals surface area (Å²) in [7, 11) is 0. The Balaban J connectivity index is 1.74. The third-order valence-electron chi connectivity index (χ3n) is 3.82. The monoisotopic (exact) mass is 370 g/mol. The number of aryl methyl sites for hydroxylation is 1. The maximum Gasteiger partial charge on any atom is 0.276 e. The zero-order valence-corrected chi connectivity index (χ0v) is 16.0. The highest BCUT2D eigenvalue weighted by Gasteiger charge is 2.08. The number of carbonyl (C=O) groups excluding carboxylic acids is 2. The van der Waals surface area contributed by atoms with Gasteiger partial charge in [0.05, 0.1) is 12.7 Å². The topological polar surface area (TPSA) is 76.7 Å². The van der Waals surface area contributed by atoms with Crippen LogP contribution in [0.25, 0.3) is 0 Å². The normalized spacial score (nSPS) is 10.5. The Labute approximate surface area is 159 Å². The minimum Gasteiger partial charge on any atom is -0.484 e. The largest absolute Gasteiger partial charge is 0.484 e. The zero-order valence-electron chi connectivity index (χ0n) is 16.0. The maximum absolute atomic E-state index is 12.1. The van der Waals surface area contributed by atoms with Gasteiger partial charge in [0, 0.05) is 5.56 Å². The van der Waals surface area contributed by atoms with Crippen LogP contribution in [0.3, 0.4) is 0 Å². The van der Waals surface area contributed by atoms with Crippen LogP contribution < -0.4 is 15.6 Å². The van der Waals surface area contributed by atoms with Crippen molar-refractivity contribution in [1.29, 1.82) is 0 Å². The van der Waals surface area contributed by atoms with Gasteiger partial charge in [-0.25, -0.2) is 0 Å². The van der Waals surface area contributed by atoms with Crippen LogP contribution >= 0.6 is 0 Å². The van der Waals surface area contributed by atoms with Gasteiger partial charge in [-0.2, -0.15) is 0 Å². The van der Waals surface area contributed by atoms with E-state index in [9.17, 15) is 9.59 Å². The molecule has 2 amide bonds. The molecule has 27 heavy (non-hydrogen) atoms. The van der Waals surface area contributed by atoms with Gasteiger partial charge in [-0.05, 0) is 55.7 Å². The van der Waals surface area contributed by atoms with Crippen LogP contribution in [0.2, 0.25) is 0 Å². The molecule has 0 aliphatic rings. The summed E-state index contributed by atoms with van der Waals surface area (Å²) in [5.74, 6) is -0.232. The lowest BCUT2D eigenvalue weighted by Crippen LogP contribution is -2.43. The van der Waals surface area contributed by atoms with Crippen LogP contribution in [0, 0.1) is 0 Å². The second-order valence-electron chi connectivity index (χ2n) is 6.35. The molecule has 6 nitrogen and oxygen atoms in total. The van der Waals surface area contributed by atoms with Crippen molar-refractivity contribution in [3.63, 3.8) is 0 Å². The number of hydrazine groups is 1. The average Bonchev–Trinajstić information content (AvgIpc) is 2.69. The minimum absolute atomic E-state index is 0.148. The maximum atomic E-state index is 12.1. The van der Waals surface area contributed by atoms with E-state index in [0.29, 0.717) is 17.9 Å². The fraction of sp³-hybridized carbons (Fsp3) is 0.333. The molecular formula is C21H26N2O4. The summed E-state index contributed by atoms with van der Waals surface area (Å²) in [6, 6.07) is 14.5. The average molecular weight is 370 g/mol. The van der Waals surface area contributed by atoms with E-state index in [0.717, 1.165) is 12.0 Å². The summed E-state index contributed by atoms with van der Waals surface area (Å²) in [5.41, 5.74) is 7.33. The van der Waals surface area contributed by atoms with E-state index in [1.54, 1.807) is 12.1 Å². The number of rotatable bonds is 8.